The standard InChI is InChI=1S/C15H18N8O/c1-10(6-12-7-11(2)21-22-12)19-15(24)20-13-8-18-23(9-13)14-16-4-3-5-17-14/h3-5,7-10H,6H2,1-2H3,(H,21,22)(H2,19,20,24). The van der Waals surface area contributed by atoms with Gasteiger partial charge in [-0.2, -0.15) is 10.2 Å². The Balaban J connectivity index is 1.54. The maximum absolute atomic E-state index is 12.0. The molecule has 3 aromatic heterocycles. The second kappa shape index (κ2) is 6.90. The number of carbonyl (C=O) groups is 1. The van der Waals surface area contributed by atoms with Crippen LogP contribution in [0, 0.1) is 6.92 Å². The Labute approximate surface area is 138 Å². The van der Waals surface area contributed by atoms with Crippen LogP contribution >= 0.6 is 0 Å². The Bertz CT molecular complexity index is 810. The number of aromatic nitrogens is 6. The minimum atomic E-state index is -0.303. The van der Waals surface area contributed by atoms with E-state index < -0.39 is 0 Å². The summed E-state index contributed by atoms with van der Waals surface area (Å²) in [5, 5.41) is 16.8. The van der Waals surface area contributed by atoms with Gasteiger partial charge in [0, 0.05) is 30.6 Å². The van der Waals surface area contributed by atoms with Crippen molar-refractivity contribution in [3.63, 3.8) is 0 Å². The number of hydrogen-bond acceptors (Lipinski definition) is 5. The molecule has 1 unspecified atom stereocenters. The minimum absolute atomic E-state index is 0.0554. The third kappa shape index (κ3) is 3.94. The van der Waals surface area contributed by atoms with Gasteiger partial charge in [-0.1, -0.05) is 0 Å². The molecule has 0 aliphatic rings. The number of amides is 2. The van der Waals surface area contributed by atoms with E-state index in [9.17, 15) is 4.79 Å². The summed E-state index contributed by atoms with van der Waals surface area (Å²) in [5.41, 5.74) is 2.47. The molecule has 0 radical (unpaired) electrons. The van der Waals surface area contributed by atoms with Crippen LogP contribution in [0.4, 0.5) is 10.5 Å². The van der Waals surface area contributed by atoms with E-state index in [1.165, 1.54) is 10.9 Å². The number of nitrogens with zero attached hydrogens (tertiary/aromatic N) is 5. The number of rotatable bonds is 5. The van der Waals surface area contributed by atoms with Crippen LogP contribution in [-0.4, -0.2) is 42.0 Å². The number of aryl methyl sites for hydroxylation is 1. The molecule has 3 aromatic rings. The highest BCUT2D eigenvalue weighted by Crippen LogP contribution is 2.08. The third-order valence-corrected chi connectivity index (χ3v) is 3.25. The molecular weight excluding hydrogens is 308 g/mol. The van der Waals surface area contributed by atoms with Crippen molar-refractivity contribution >= 4 is 11.7 Å². The summed E-state index contributed by atoms with van der Waals surface area (Å²) in [4.78, 5) is 20.2. The summed E-state index contributed by atoms with van der Waals surface area (Å²) in [6.07, 6.45) is 7.09. The van der Waals surface area contributed by atoms with E-state index in [1.54, 1.807) is 24.7 Å². The largest absolute Gasteiger partial charge is 0.335 e. The number of anilines is 1. The minimum Gasteiger partial charge on any atom is -0.335 e. The summed E-state index contributed by atoms with van der Waals surface area (Å²) in [6.45, 7) is 3.86. The zero-order valence-corrected chi connectivity index (χ0v) is 13.4. The maximum atomic E-state index is 12.0. The predicted octanol–water partition coefficient (Wildman–Crippen LogP) is 1.45. The third-order valence-electron chi connectivity index (χ3n) is 3.25. The smallest absolute Gasteiger partial charge is 0.319 e. The molecule has 0 aromatic carbocycles. The van der Waals surface area contributed by atoms with Crippen molar-refractivity contribution in [1.82, 2.24) is 35.3 Å². The van der Waals surface area contributed by atoms with Gasteiger partial charge in [-0.05, 0) is 26.0 Å². The molecule has 2 amide bonds. The van der Waals surface area contributed by atoms with Gasteiger partial charge < -0.3 is 10.6 Å². The summed E-state index contributed by atoms with van der Waals surface area (Å²) in [5.74, 6) is 0.438. The van der Waals surface area contributed by atoms with E-state index in [-0.39, 0.29) is 12.1 Å². The first kappa shape index (κ1) is 15.7. The van der Waals surface area contributed by atoms with E-state index >= 15 is 0 Å². The number of aromatic amines is 1. The maximum Gasteiger partial charge on any atom is 0.319 e. The molecule has 9 nitrogen and oxygen atoms in total. The molecule has 3 N–H and O–H groups in total. The Kier molecular flexibility index (Phi) is 4.50. The van der Waals surface area contributed by atoms with Gasteiger partial charge in [0.05, 0.1) is 23.8 Å². The first-order valence-electron chi connectivity index (χ1n) is 7.50. The van der Waals surface area contributed by atoms with Crippen LogP contribution in [0.5, 0.6) is 0 Å². The fraction of sp³-hybridized carbons (Fsp3) is 0.267. The van der Waals surface area contributed by atoms with Crippen LogP contribution in [0.25, 0.3) is 5.95 Å². The number of hydrogen-bond donors (Lipinski definition) is 3. The van der Waals surface area contributed by atoms with Crippen LogP contribution in [0.1, 0.15) is 18.3 Å². The molecule has 24 heavy (non-hydrogen) atoms. The Morgan fingerprint density at radius 1 is 1.38 bits per heavy atom. The number of H-pyrrole nitrogens is 1. The molecule has 0 spiro atoms. The SMILES string of the molecule is Cc1cc(CC(C)NC(=O)Nc2cnn(-c3ncccn3)c2)n[nH]1. The van der Waals surface area contributed by atoms with Gasteiger partial charge in [0.1, 0.15) is 0 Å². The van der Waals surface area contributed by atoms with Crippen molar-refractivity contribution in [2.24, 2.45) is 0 Å². The van der Waals surface area contributed by atoms with Crippen LogP contribution in [0.15, 0.2) is 36.9 Å². The highest BCUT2D eigenvalue weighted by atomic mass is 16.2. The molecular formula is C15H18N8O. The molecule has 0 aliphatic heterocycles. The van der Waals surface area contributed by atoms with Crippen molar-refractivity contribution in [3.8, 4) is 5.95 Å². The lowest BCUT2D eigenvalue weighted by atomic mass is 10.2. The molecule has 0 fully saturated rings. The lowest BCUT2D eigenvalue weighted by molar-refractivity contribution is 0.249. The van der Waals surface area contributed by atoms with E-state index in [4.69, 9.17) is 0 Å². The molecule has 0 aliphatic carbocycles. The average Bonchev–Trinajstić information content (AvgIpc) is 3.17. The van der Waals surface area contributed by atoms with E-state index in [2.05, 4.69) is 35.9 Å². The van der Waals surface area contributed by atoms with E-state index in [0.29, 0.717) is 18.1 Å². The van der Waals surface area contributed by atoms with Crippen LogP contribution < -0.4 is 10.6 Å². The summed E-state index contributed by atoms with van der Waals surface area (Å²) in [6, 6.07) is 3.32. The molecule has 124 valence electrons. The lowest BCUT2D eigenvalue weighted by Crippen LogP contribution is -2.37. The van der Waals surface area contributed by atoms with Gasteiger partial charge >= 0.3 is 6.03 Å². The van der Waals surface area contributed by atoms with Crippen molar-refractivity contribution in [2.45, 2.75) is 26.3 Å². The van der Waals surface area contributed by atoms with E-state index in [1.807, 2.05) is 19.9 Å². The molecule has 0 bridgehead atoms. The zero-order chi connectivity index (χ0) is 16.9. The Hall–Kier alpha value is -3.23. The predicted molar refractivity (Wildman–Crippen MR) is 87.8 cm³/mol. The van der Waals surface area contributed by atoms with Gasteiger partial charge in [0.15, 0.2) is 0 Å². The van der Waals surface area contributed by atoms with Crippen molar-refractivity contribution in [1.29, 1.82) is 0 Å². The number of urea groups is 1. The molecule has 0 saturated carbocycles. The molecule has 9 heteroatoms. The molecule has 3 rings (SSSR count). The fourth-order valence-electron chi connectivity index (χ4n) is 2.24. The first-order valence-corrected chi connectivity index (χ1v) is 7.50. The Morgan fingerprint density at radius 3 is 2.88 bits per heavy atom. The monoisotopic (exact) mass is 326 g/mol. The normalized spacial score (nSPS) is 11.9. The molecule has 0 saturated heterocycles. The van der Waals surface area contributed by atoms with Gasteiger partial charge in [0.25, 0.3) is 0 Å². The van der Waals surface area contributed by atoms with Gasteiger partial charge in [-0.15, -0.1) is 0 Å². The van der Waals surface area contributed by atoms with Gasteiger partial charge in [0.2, 0.25) is 5.95 Å². The van der Waals surface area contributed by atoms with Crippen molar-refractivity contribution in [3.05, 3.63) is 48.3 Å². The second-order valence-electron chi connectivity index (χ2n) is 5.47. The van der Waals surface area contributed by atoms with Crippen LogP contribution in [0.3, 0.4) is 0 Å². The molecule has 1 atom stereocenters. The average molecular weight is 326 g/mol. The summed E-state index contributed by atoms with van der Waals surface area (Å²) >= 11 is 0. The quantitative estimate of drug-likeness (QED) is 0.656. The van der Waals surface area contributed by atoms with Gasteiger partial charge in [-0.3, -0.25) is 5.10 Å². The lowest BCUT2D eigenvalue weighted by Gasteiger charge is -2.12. The van der Waals surface area contributed by atoms with Gasteiger partial charge in [-0.25, -0.2) is 19.4 Å². The molecule has 3 heterocycles. The number of carbonyl (C=O) groups excluding carboxylic acids is 1. The van der Waals surface area contributed by atoms with Crippen LogP contribution in [-0.2, 0) is 6.42 Å². The second-order valence-corrected chi connectivity index (χ2v) is 5.47. The van der Waals surface area contributed by atoms with Crippen LogP contribution in [0.2, 0.25) is 0 Å². The zero-order valence-electron chi connectivity index (χ0n) is 13.4. The summed E-state index contributed by atoms with van der Waals surface area (Å²) in [7, 11) is 0. The topological polar surface area (TPSA) is 113 Å². The summed E-state index contributed by atoms with van der Waals surface area (Å²) < 4.78 is 1.49. The highest BCUT2D eigenvalue weighted by Gasteiger charge is 2.11. The number of nitrogens with one attached hydrogen (secondary N) is 3. The first-order chi connectivity index (χ1) is 11.6. The Morgan fingerprint density at radius 2 is 2.17 bits per heavy atom. The fourth-order valence-corrected chi connectivity index (χ4v) is 2.24. The highest BCUT2D eigenvalue weighted by molar-refractivity contribution is 5.89. The van der Waals surface area contributed by atoms with Crippen molar-refractivity contribution < 1.29 is 4.79 Å². The van der Waals surface area contributed by atoms with E-state index in [0.717, 1.165) is 11.4 Å². The van der Waals surface area contributed by atoms with Crippen molar-refractivity contribution in [2.75, 3.05) is 5.32 Å².